The summed E-state index contributed by atoms with van der Waals surface area (Å²) in [5.74, 6) is -0.629. The monoisotopic (exact) mass is 525 g/mol. The summed E-state index contributed by atoms with van der Waals surface area (Å²) in [6, 6.07) is 12.3. The molecule has 2 aromatic rings. The number of carbonyl (C=O) groups excluding carboxylic acids is 2. The molecule has 1 N–H and O–H groups in total. The molecule has 2 aliphatic rings. The molecule has 0 aromatic heterocycles. The van der Waals surface area contributed by atoms with Crippen LogP contribution in [0.4, 0.5) is 17.1 Å². The van der Waals surface area contributed by atoms with Crippen molar-refractivity contribution in [2.75, 3.05) is 44.7 Å². The van der Waals surface area contributed by atoms with E-state index in [9.17, 15) is 19.7 Å². The van der Waals surface area contributed by atoms with Gasteiger partial charge in [0.05, 0.1) is 23.8 Å². The molecule has 37 heavy (non-hydrogen) atoms. The highest BCUT2D eigenvalue weighted by atomic mass is 32.2. The molecule has 2 aromatic carbocycles. The van der Waals surface area contributed by atoms with Gasteiger partial charge in [-0.05, 0) is 43.5 Å². The number of nitro groups is 1. The van der Waals surface area contributed by atoms with E-state index < -0.39 is 16.1 Å². The summed E-state index contributed by atoms with van der Waals surface area (Å²) in [5, 5.41) is 13.9. The SMILES string of the molecule is Cc1ccc(NC(=O)C[C@H]2SC(=Nc3ccccc3C)N(CCCN3CCOCC3)C2=O)c([N+](=O)[O-])c1. The molecule has 0 unspecified atom stereocenters. The van der Waals surface area contributed by atoms with Crippen LogP contribution in [0.15, 0.2) is 47.5 Å². The van der Waals surface area contributed by atoms with Gasteiger partial charge in [-0.15, -0.1) is 0 Å². The van der Waals surface area contributed by atoms with Crippen LogP contribution in [0.2, 0.25) is 0 Å². The molecule has 11 heteroatoms. The van der Waals surface area contributed by atoms with Gasteiger partial charge in [0.2, 0.25) is 11.8 Å². The van der Waals surface area contributed by atoms with Crippen molar-refractivity contribution >= 4 is 45.8 Å². The summed E-state index contributed by atoms with van der Waals surface area (Å²) in [6.07, 6.45) is 0.662. The van der Waals surface area contributed by atoms with Crippen LogP contribution in [0.1, 0.15) is 24.0 Å². The van der Waals surface area contributed by atoms with Gasteiger partial charge in [0, 0.05) is 38.7 Å². The molecule has 2 saturated heterocycles. The van der Waals surface area contributed by atoms with Crippen molar-refractivity contribution in [3.8, 4) is 0 Å². The van der Waals surface area contributed by atoms with Gasteiger partial charge in [0.15, 0.2) is 5.17 Å². The minimum Gasteiger partial charge on any atom is -0.379 e. The molecule has 1 atom stereocenters. The first kappa shape index (κ1) is 26.8. The Morgan fingerprint density at radius 1 is 1.19 bits per heavy atom. The number of benzene rings is 2. The van der Waals surface area contributed by atoms with Crippen molar-refractivity contribution in [3.63, 3.8) is 0 Å². The first-order valence-corrected chi connectivity index (χ1v) is 13.2. The van der Waals surface area contributed by atoms with Crippen molar-refractivity contribution in [1.29, 1.82) is 0 Å². The number of nitro benzene ring substituents is 1. The van der Waals surface area contributed by atoms with E-state index in [1.165, 1.54) is 23.9 Å². The van der Waals surface area contributed by atoms with E-state index in [0.717, 1.165) is 56.1 Å². The maximum absolute atomic E-state index is 13.4. The van der Waals surface area contributed by atoms with Crippen molar-refractivity contribution in [1.82, 2.24) is 9.80 Å². The zero-order chi connectivity index (χ0) is 26.4. The Morgan fingerprint density at radius 2 is 1.95 bits per heavy atom. The lowest BCUT2D eigenvalue weighted by atomic mass is 10.2. The minimum atomic E-state index is -0.657. The van der Waals surface area contributed by atoms with Crippen molar-refractivity contribution in [2.24, 2.45) is 4.99 Å². The standard InChI is InChI=1S/C26H31N5O5S/c1-18-8-9-21(22(16-18)31(34)35)27-24(32)17-23-25(33)30(11-5-10-29-12-14-36-15-13-29)26(37-23)28-20-7-4-3-6-19(20)2/h3-4,6-9,16,23H,5,10-15,17H2,1-2H3,(H,27,32)/t23-/m1/s1. The Balaban J connectivity index is 1.47. The second-order valence-corrected chi connectivity index (χ2v) is 10.3. The zero-order valence-electron chi connectivity index (χ0n) is 21.0. The highest BCUT2D eigenvalue weighted by Gasteiger charge is 2.39. The fourth-order valence-electron chi connectivity index (χ4n) is 4.27. The summed E-state index contributed by atoms with van der Waals surface area (Å²) in [6.45, 7) is 8.23. The Kier molecular flexibility index (Phi) is 8.91. The van der Waals surface area contributed by atoms with E-state index in [-0.39, 0.29) is 23.7 Å². The summed E-state index contributed by atoms with van der Waals surface area (Å²) >= 11 is 1.27. The number of nitrogens with one attached hydrogen (secondary N) is 1. The Hall–Kier alpha value is -3.28. The Bertz CT molecular complexity index is 1200. The van der Waals surface area contributed by atoms with Gasteiger partial charge < -0.3 is 10.1 Å². The van der Waals surface area contributed by atoms with Gasteiger partial charge in [0.1, 0.15) is 10.9 Å². The van der Waals surface area contributed by atoms with Gasteiger partial charge in [-0.1, -0.05) is 36.0 Å². The summed E-state index contributed by atoms with van der Waals surface area (Å²) in [4.78, 5) is 45.9. The van der Waals surface area contributed by atoms with E-state index in [0.29, 0.717) is 11.7 Å². The van der Waals surface area contributed by atoms with Crippen LogP contribution in [-0.2, 0) is 14.3 Å². The summed E-state index contributed by atoms with van der Waals surface area (Å²) in [7, 11) is 0. The van der Waals surface area contributed by atoms with Crippen LogP contribution in [0.3, 0.4) is 0 Å². The third-order valence-electron chi connectivity index (χ3n) is 6.31. The van der Waals surface area contributed by atoms with E-state index in [1.54, 1.807) is 17.9 Å². The number of nitrogens with zero attached hydrogens (tertiary/aromatic N) is 4. The number of anilines is 1. The van der Waals surface area contributed by atoms with E-state index in [2.05, 4.69) is 10.2 Å². The normalized spacial score (nSPS) is 19.4. The molecule has 2 heterocycles. The lowest BCUT2D eigenvalue weighted by Crippen LogP contribution is -2.39. The highest BCUT2D eigenvalue weighted by Crippen LogP contribution is 2.33. The number of rotatable bonds is 9. The molecule has 2 amide bonds. The molecule has 2 aliphatic heterocycles. The average molecular weight is 526 g/mol. The molecule has 0 aliphatic carbocycles. The molecule has 196 valence electrons. The van der Waals surface area contributed by atoms with Crippen LogP contribution in [0.5, 0.6) is 0 Å². The summed E-state index contributed by atoms with van der Waals surface area (Å²) < 4.78 is 5.41. The largest absolute Gasteiger partial charge is 0.379 e. The van der Waals surface area contributed by atoms with Crippen molar-refractivity contribution < 1.29 is 19.2 Å². The molecular weight excluding hydrogens is 494 g/mol. The maximum atomic E-state index is 13.4. The maximum Gasteiger partial charge on any atom is 0.293 e. The molecule has 0 bridgehead atoms. The molecule has 0 saturated carbocycles. The molecular formula is C26H31N5O5S. The predicted octanol–water partition coefficient (Wildman–Crippen LogP) is 3.89. The Morgan fingerprint density at radius 3 is 2.68 bits per heavy atom. The van der Waals surface area contributed by atoms with Gasteiger partial charge in [0.25, 0.3) is 5.69 Å². The second kappa shape index (κ2) is 12.3. The molecule has 2 fully saturated rings. The number of amides is 2. The predicted molar refractivity (Wildman–Crippen MR) is 144 cm³/mol. The summed E-state index contributed by atoms with van der Waals surface area (Å²) in [5.41, 5.74) is 2.43. The van der Waals surface area contributed by atoms with Crippen LogP contribution in [0.25, 0.3) is 0 Å². The van der Waals surface area contributed by atoms with E-state index in [4.69, 9.17) is 9.73 Å². The fraction of sp³-hybridized carbons (Fsp3) is 0.423. The van der Waals surface area contributed by atoms with Crippen molar-refractivity contribution in [3.05, 3.63) is 63.7 Å². The first-order valence-electron chi connectivity index (χ1n) is 12.3. The number of aliphatic imine (C=N–C) groups is 1. The third-order valence-corrected chi connectivity index (χ3v) is 7.48. The van der Waals surface area contributed by atoms with Crippen LogP contribution < -0.4 is 5.32 Å². The third kappa shape index (κ3) is 6.94. The fourth-order valence-corrected chi connectivity index (χ4v) is 5.44. The topological polar surface area (TPSA) is 117 Å². The molecule has 10 nitrogen and oxygen atoms in total. The number of carbonyl (C=O) groups is 2. The number of thioether (sulfide) groups is 1. The van der Waals surface area contributed by atoms with Gasteiger partial charge in [-0.3, -0.25) is 29.5 Å². The number of hydrogen-bond donors (Lipinski definition) is 1. The lowest BCUT2D eigenvalue weighted by molar-refractivity contribution is -0.384. The average Bonchev–Trinajstić information content (AvgIpc) is 3.16. The quantitative estimate of drug-likeness (QED) is 0.390. The first-order chi connectivity index (χ1) is 17.8. The van der Waals surface area contributed by atoms with Crippen LogP contribution in [0, 0.1) is 24.0 Å². The van der Waals surface area contributed by atoms with E-state index >= 15 is 0 Å². The highest BCUT2D eigenvalue weighted by molar-refractivity contribution is 8.15. The smallest absolute Gasteiger partial charge is 0.293 e. The molecule has 0 spiro atoms. The second-order valence-electron chi connectivity index (χ2n) is 9.11. The van der Waals surface area contributed by atoms with Gasteiger partial charge in [-0.2, -0.15) is 0 Å². The number of aryl methyl sites for hydroxylation is 2. The van der Waals surface area contributed by atoms with Gasteiger partial charge >= 0.3 is 0 Å². The molecule has 0 radical (unpaired) electrons. The number of ether oxygens (including phenoxy) is 1. The number of morpholine rings is 1. The Labute approximate surface area is 220 Å². The van der Waals surface area contributed by atoms with E-state index in [1.807, 2.05) is 31.2 Å². The zero-order valence-corrected chi connectivity index (χ0v) is 21.8. The van der Waals surface area contributed by atoms with Crippen LogP contribution in [-0.4, -0.2) is 76.3 Å². The number of hydrogen-bond acceptors (Lipinski definition) is 8. The number of para-hydroxylation sites is 1. The van der Waals surface area contributed by atoms with Gasteiger partial charge in [-0.25, -0.2) is 4.99 Å². The lowest BCUT2D eigenvalue weighted by Gasteiger charge is -2.27. The minimum absolute atomic E-state index is 0.110. The number of amidine groups is 1. The van der Waals surface area contributed by atoms with Crippen LogP contribution >= 0.6 is 11.8 Å². The molecule has 4 rings (SSSR count). The van der Waals surface area contributed by atoms with Crippen molar-refractivity contribution in [2.45, 2.75) is 31.9 Å².